The van der Waals surface area contributed by atoms with Gasteiger partial charge in [-0.15, -0.1) is 0 Å². The zero-order valence-electron chi connectivity index (χ0n) is 12.4. The quantitative estimate of drug-likeness (QED) is 0.591. The molecule has 3 heterocycles. The summed E-state index contributed by atoms with van der Waals surface area (Å²) in [6.07, 6.45) is 3.70. The number of aryl methyl sites for hydroxylation is 2. The zero-order valence-corrected chi connectivity index (χ0v) is 12.4. The normalized spacial score (nSPS) is 11.2. The molecular formula is C18H15N3O. The van der Waals surface area contributed by atoms with Crippen LogP contribution in [0.15, 0.2) is 53.3 Å². The van der Waals surface area contributed by atoms with Crippen LogP contribution >= 0.6 is 0 Å². The molecule has 0 atom stereocenters. The Hall–Kier alpha value is -2.88. The van der Waals surface area contributed by atoms with E-state index < -0.39 is 0 Å². The summed E-state index contributed by atoms with van der Waals surface area (Å²) >= 11 is 0. The minimum atomic E-state index is 0.783. The lowest BCUT2D eigenvalue weighted by atomic mass is 9.96. The molecule has 0 radical (unpaired) electrons. The molecule has 1 aromatic carbocycles. The number of benzene rings is 1. The van der Waals surface area contributed by atoms with Crippen LogP contribution in [0.25, 0.3) is 33.5 Å². The van der Waals surface area contributed by atoms with Gasteiger partial charge in [-0.25, -0.2) is 4.98 Å². The molecule has 4 aromatic rings. The van der Waals surface area contributed by atoms with Gasteiger partial charge in [-0.1, -0.05) is 29.4 Å². The summed E-state index contributed by atoms with van der Waals surface area (Å²) < 4.78 is 5.66. The van der Waals surface area contributed by atoms with Gasteiger partial charge in [-0.3, -0.25) is 0 Å². The molecule has 0 fully saturated rings. The van der Waals surface area contributed by atoms with Crippen molar-refractivity contribution in [2.24, 2.45) is 0 Å². The van der Waals surface area contributed by atoms with Crippen molar-refractivity contribution in [2.75, 3.05) is 0 Å². The number of aromatic nitrogens is 3. The van der Waals surface area contributed by atoms with Gasteiger partial charge in [0.05, 0.1) is 11.3 Å². The SMILES string of the molecule is Cc1ccccc1-c1c(C)noc1-c1c[nH]c2ncccc12. The Morgan fingerprint density at radius 3 is 2.73 bits per heavy atom. The number of nitrogens with one attached hydrogen (secondary N) is 1. The standard InChI is InChI=1S/C18H15N3O/c1-11-6-3-4-7-13(11)16-12(2)21-22-17(16)15-10-20-18-14(15)8-5-9-19-18/h3-10H,1-2H3,(H,19,20). The number of hydrogen-bond acceptors (Lipinski definition) is 3. The van der Waals surface area contributed by atoms with Crippen LogP contribution in [0.1, 0.15) is 11.3 Å². The second-order valence-corrected chi connectivity index (χ2v) is 5.39. The third-order valence-electron chi connectivity index (χ3n) is 3.97. The highest BCUT2D eigenvalue weighted by atomic mass is 16.5. The third kappa shape index (κ3) is 1.84. The molecule has 0 aliphatic rings. The Balaban J connectivity index is 2.00. The summed E-state index contributed by atoms with van der Waals surface area (Å²) in [6.45, 7) is 4.07. The number of rotatable bonds is 2. The van der Waals surface area contributed by atoms with E-state index in [9.17, 15) is 0 Å². The van der Waals surface area contributed by atoms with E-state index >= 15 is 0 Å². The Labute approximate surface area is 127 Å². The number of fused-ring (bicyclic) bond motifs is 1. The smallest absolute Gasteiger partial charge is 0.177 e. The Bertz CT molecular complexity index is 965. The van der Waals surface area contributed by atoms with Gasteiger partial charge in [-0.05, 0) is 37.1 Å². The van der Waals surface area contributed by atoms with Crippen LogP contribution < -0.4 is 0 Å². The fourth-order valence-corrected chi connectivity index (χ4v) is 2.87. The predicted molar refractivity (Wildman–Crippen MR) is 86.5 cm³/mol. The highest BCUT2D eigenvalue weighted by Gasteiger charge is 2.20. The first-order chi connectivity index (χ1) is 10.8. The van der Waals surface area contributed by atoms with E-state index in [4.69, 9.17) is 4.52 Å². The fourth-order valence-electron chi connectivity index (χ4n) is 2.87. The molecule has 22 heavy (non-hydrogen) atoms. The van der Waals surface area contributed by atoms with E-state index in [1.54, 1.807) is 6.20 Å². The van der Waals surface area contributed by atoms with E-state index in [2.05, 4.69) is 34.2 Å². The number of aromatic amines is 1. The molecule has 108 valence electrons. The molecule has 0 bridgehead atoms. The lowest BCUT2D eigenvalue weighted by Gasteiger charge is -2.05. The molecule has 0 aliphatic carbocycles. The van der Waals surface area contributed by atoms with Gasteiger partial charge in [0.25, 0.3) is 0 Å². The monoisotopic (exact) mass is 289 g/mol. The van der Waals surface area contributed by atoms with Gasteiger partial charge in [-0.2, -0.15) is 0 Å². The third-order valence-corrected chi connectivity index (χ3v) is 3.97. The summed E-state index contributed by atoms with van der Waals surface area (Å²) in [5.74, 6) is 0.783. The van der Waals surface area contributed by atoms with Crippen molar-refractivity contribution in [1.82, 2.24) is 15.1 Å². The van der Waals surface area contributed by atoms with E-state index in [0.717, 1.165) is 39.2 Å². The van der Waals surface area contributed by atoms with Crippen molar-refractivity contribution in [2.45, 2.75) is 13.8 Å². The number of H-pyrrole nitrogens is 1. The van der Waals surface area contributed by atoms with Crippen LogP contribution in [0, 0.1) is 13.8 Å². The van der Waals surface area contributed by atoms with Crippen molar-refractivity contribution in [1.29, 1.82) is 0 Å². The fraction of sp³-hybridized carbons (Fsp3) is 0.111. The molecule has 0 spiro atoms. The maximum Gasteiger partial charge on any atom is 0.177 e. The van der Waals surface area contributed by atoms with Crippen LogP contribution in [-0.2, 0) is 0 Å². The van der Waals surface area contributed by atoms with E-state index in [0.29, 0.717) is 0 Å². The second-order valence-electron chi connectivity index (χ2n) is 5.39. The lowest BCUT2D eigenvalue weighted by molar-refractivity contribution is 0.427. The highest BCUT2D eigenvalue weighted by molar-refractivity contribution is 5.96. The number of pyridine rings is 1. The summed E-state index contributed by atoms with van der Waals surface area (Å²) in [4.78, 5) is 7.53. The highest BCUT2D eigenvalue weighted by Crippen LogP contribution is 2.38. The van der Waals surface area contributed by atoms with Gasteiger partial charge in [0, 0.05) is 23.3 Å². The van der Waals surface area contributed by atoms with E-state index in [1.165, 1.54) is 5.56 Å². The molecule has 0 unspecified atom stereocenters. The molecule has 4 nitrogen and oxygen atoms in total. The van der Waals surface area contributed by atoms with Gasteiger partial charge < -0.3 is 9.51 Å². The van der Waals surface area contributed by atoms with Gasteiger partial charge in [0.15, 0.2) is 5.76 Å². The molecule has 0 saturated heterocycles. The lowest BCUT2D eigenvalue weighted by Crippen LogP contribution is -1.86. The van der Waals surface area contributed by atoms with Crippen LogP contribution in [0.3, 0.4) is 0 Å². The summed E-state index contributed by atoms with van der Waals surface area (Å²) in [6, 6.07) is 12.2. The van der Waals surface area contributed by atoms with E-state index in [1.807, 2.05) is 37.4 Å². The maximum absolute atomic E-state index is 5.66. The molecule has 0 amide bonds. The van der Waals surface area contributed by atoms with Gasteiger partial charge in [0.1, 0.15) is 5.65 Å². The topological polar surface area (TPSA) is 54.7 Å². The molecule has 3 aromatic heterocycles. The molecule has 4 heteroatoms. The minimum absolute atomic E-state index is 0.783. The van der Waals surface area contributed by atoms with Crippen LogP contribution in [0.4, 0.5) is 0 Å². The van der Waals surface area contributed by atoms with Crippen LogP contribution in [0.5, 0.6) is 0 Å². The van der Waals surface area contributed by atoms with Crippen molar-refractivity contribution in [3.05, 3.63) is 60.0 Å². The molecular weight excluding hydrogens is 274 g/mol. The van der Waals surface area contributed by atoms with Gasteiger partial charge >= 0.3 is 0 Å². The average molecular weight is 289 g/mol. The second kappa shape index (κ2) is 4.84. The molecule has 0 saturated carbocycles. The van der Waals surface area contributed by atoms with Gasteiger partial charge in [0.2, 0.25) is 0 Å². The first-order valence-corrected chi connectivity index (χ1v) is 7.20. The Kier molecular flexibility index (Phi) is 2.82. The zero-order chi connectivity index (χ0) is 15.1. The van der Waals surface area contributed by atoms with Crippen molar-refractivity contribution >= 4 is 11.0 Å². The molecule has 0 aliphatic heterocycles. The Morgan fingerprint density at radius 2 is 1.86 bits per heavy atom. The molecule has 1 N–H and O–H groups in total. The summed E-state index contributed by atoms with van der Waals surface area (Å²) in [5, 5.41) is 5.22. The predicted octanol–water partition coefficient (Wildman–Crippen LogP) is 4.50. The van der Waals surface area contributed by atoms with Crippen molar-refractivity contribution in [3.8, 4) is 22.5 Å². The first kappa shape index (κ1) is 12.8. The van der Waals surface area contributed by atoms with E-state index in [-0.39, 0.29) is 0 Å². The van der Waals surface area contributed by atoms with Crippen LogP contribution in [0.2, 0.25) is 0 Å². The summed E-state index contributed by atoms with van der Waals surface area (Å²) in [7, 11) is 0. The first-order valence-electron chi connectivity index (χ1n) is 7.20. The largest absolute Gasteiger partial charge is 0.355 e. The molecule has 4 rings (SSSR count). The van der Waals surface area contributed by atoms with Crippen molar-refractivity contribution < 1.29 is 4.52 Å². The Morgan fingerprint density at radius 1 is 1.00 bits per heavy atom. The van der Waals surface area contributed by atoms with Crippen LogP contribution in [-0.4, -0.2) is 15.1 Å². The number of nitrogens with zero attached hydrogens (tertiary/aromatic N) is 2. The van der Waals surface area contributed by atoms with Crippen molar-refractivity contribution in [3.63, 3.8) is 0 Å². The average Bonchev–Trinajstić information content (AvgIpc) is 3.11. The maximum atomic E-state index is 5.66. The summed E-state index contributed by atoms with van der Waals surface area (Å²) in [5.41, 5.74) is 6.12. The number of hydrogen-bond donors (Lipinski definition) is 1. The minimum Gasteiger partial charge on any atom is -0.355 e.